The minimum atomic E-state index is -0.735. The standard InChI is InChI=1S/C20H19BrN4O5/c1-24-15-8-4-5-9-16(15)25(20(24)29)11-19(28)30-12-18(27)22-10-17(26)23-14-7-3-2-6-13(14)21/h2-9H,10-12H2,1H3,(H,22,27)(H,23,26). The molecule has 3 rings (SSSR count). The van der Waals surface area contributed by atoms with Crippen LogP contribution in [-0.2, 0) is 32.7 Å². The van der Waals surface area contributed by atoms with Gasteiger partial charge in [0, 0.05) is 11.5 Å². The number of hydrogen-bond acceptors (Lipinski definition) is 5. The van der Waals surface area contributed by atoms with E-state index in [1.165, 1.54) is 9.13 Å². The second kappa shape index (κ2) is 9.40. The molecule has 0 saturated carbocycles. The van der Waals surface area contributed by atoms with Crippen LogP contribution < -0.4 is 16.3 Å². The van der Waals surface area contributed by atoms with Crippen LogP contribution in [0.15, 0.2) is 57.8 Å². The summed E-state index contributed by atoms with van der Waals surface area (Å²) in [5.74, 6) is -1.79. The number of fused-ring (bicyclic) bond motifs is 1. The summed E-state index contributed by atoms with van der Waals surface area (Å²) in [5.41, 5.74) is 1.49. The fourth-order valence-electron chi connectivity index (χ4n) is 2.82. The first kappa shape index (κ1) is 21.3. The molecule has 0 aliphatic carbocycles. The molecule has 0 spiro atoms. The van der Waals surface area contributed by atoms with Crippen molar-refractivity contribution in [1.29, 1.82) is 0 Å². The quantitative estimate of drug-likeness (QED) is 0.502. The highest BCUT2D eigenvalue weighted by Crippen LogP contribution is 2.20. The number of aromatic nitrogens is 2. The van der Waals surface area contributed by atoms with Gasteiger partial charge in [-0.2, -0.15) is 0 Å². The molecule has 0 aliphatic heterocycles. The van der Waals surface area contributed by atoms with Gasteiger partial charge in [0.25, 0.3) is 5.91 Å². The van der Waals surface area contributed by atoms with Gasteiger partial charge in [-0.15, -0.1) is 0 Å². The first-order valence-electron chi connectivity index (χ1n) is 8.98. The smallest absolute Gasteiger partial charge is 0.329 e. The van der Waals surface area contributed by atoms with E-state index >= 15 is 0 Å². The fourth-order valence-corrected chi connectivity index (χ4v) is 3.21. The first-order chi connectivity index (χ1) is 14.4. The van der Waals surface area contributed by atoms with Gasteiger partial charge in [0.05, 0.1) is 23.3 Å². The largest absolute Gasteiger partial charge is 0.454 e. The van der Waals surface area contributed by atoms with Crippen molar-refractivity contribution in [3.8, 4) is 0 Å². The van der Waals surface area contributed by atoms with Crippen LogP contribution >= 0.6 is 15.9 Å². The molecule has 0 aliphatic rings. The number of carbonyl (C=O) groups excluding carboxylic acids is 3. The molecule has 1 heterocycles. The number of aryl methyl sites for hydroxylation is 1. The van der Waals surface area contributed by atoms with Crippen LogP contribution in [0, 0.1) is 0 Å². The number of nitrogens with zero attached hydrogens (tertiary/aromatic N) is 2. The van der Waals surface area contributed by atoms with Crippen molar-refractivity contribution in [2.45, 2.75) is 6.54 Å². The summed E-state index contributed by atoms with van der Waals surface area (Å²) in [6.45, 7) is -1.16. The Morgan fingerprint density at radius 3 is 2.40 bits per heavy atom. The number of benzene rings is 2. The van der Waals surface area contributed by atoms with Gasteiger partial charge in [0.15, 0.2) is 6.61 Å². The Kier molecular flexibility index (Phi) is 6.68. The number of rotatable bonds is 7. The molecule has 0 unspecified atom stereocenters. The normalized spacial score (nSPS) is 10.6. The third-order valence-electron chi connectivity index (χ3n) is 4.30. The summed E-state index contributed by atoms with van der Waals surface area (Å²) < 4.78 is 8.35. The lowest BCUT2D eigenvalue weighted by Gasteiger charge is -2.09. The maximum Gasteiger partial charge on any atom is 0.329 e. The van der Waals surface area contributed by atoms with E-state index in [1.807, 2.05) is 6.07 Å². The third-order valence-corrected chi connectivity index (χ3v) is 4.99. The van der Waals surface area contributed by atoms with Crippen LogP contribution in [0.2, 0.25) is 0 Å². The van der Waals surface area contributed by atoms with Crippen LogP contribution in [0.3, 0.4) is 0 Å². The third kappa shape index (κ3) is 4.95. The van der Waals surface area contributed by atoms with Gasteiger partial charge in [-0.25, -0.2) is 4.79 Å². The average Bonchev–Trinajstić information content (AvgIpc) is 2.97. The first-order valence-corrected chi connectivity index (χ1v) is 9.77. The van der Waals surface area contributed by atoms with Gasteiger partial charge >= 0.3 is 11.7 Å². The summed E-state index contributed by atoms with van der Waals surface area (Å²) in [6, 6.07) is 14.1. The SMILES string of the molecule is Cn1c(=O)n(CC(=O)OCC(=O)NCC(=O)Nc2ccccc2Br)c2ccccc21. The molecule has 0 bridgehead atoms. The number of hydrogen-bond donors (Lipinski definition) is 2. The van der Waals surface area contributed by atoms with Gasteiger partial charge in [-0.1, -0.05) is 24.3 Å². The number of para-hydroxylation sites is 3. The molecular formula is C20H19BrN4O5. The summed E-state index contributed by atoms with van der Waals surface area (Å²) in [6.07, 6.45) is 0. The van der Waals surface area contributed by atoms with Crippen molar-refractivity contribution in [1.82, 2.24) is 14.5 Å². The monoisotopic (exact) mass is 474 g/mol. The second-order valence-electron chi connectivity index (χ2n) is 6.38. The molecule has 0 atom stereocenters. The number of carbonyl (C=O) groups is 3. The molecular weight excluding hydrogens is 456 g/mol. The van der Waals surface area contributed by atoms with E-state index < -0.39 is 24.4 Å². The van der Waals surface area contributed by atoms with Crippen LogP contribution in [0.25, 0.3) is 11.0 Å². The van der Waals surface area contributed by atoms with E-state index in [0.717, 1.165) is 0 Å². The Labute approximate surface area is 179 Å². The molecule has 0 radical (unpaired) electrons. The average molecular weight is 475 g/mol. The van der Waals surface area contributed by atoms with Gasteiger partial charge < -0.3 is 15.4 Å². The van der Waals surface area contributed by atoms with Crippen molar-refractivity contribution in [2.24, 2.45) is 7.05 Å². The van der Waals surface area contributed by atoms with Crippen molar-refractivity contribution in [3.63, 3.8) is 0 Å². The predicted molar refractivity (Wildman–Crippen MR) is 114 cm³/mol. The molecule has 2 amide bonds. The number of ether oxygens (including phenoxy) is 1. The highest BCUT2D eigenvalue weighted by molar-refractivity contribution is 9.10. The van der Waals surface area contributed by atoms with Crippen LogP contribution in [0.4, 0.5) is 5.69 Å². The zero-order valence-electron chi connectivity index (χ0n) is 16.1. The molecule has 156 valence electrons. The highest BCUT2D eigenvalue weighted by Gasteiger charge is 2.15. The maximum atomic E-state index is 12.3. The van der Waals surface area contributed by atoms with E-state index in [1.54, 1.807) is 49.5 Å². The van der Waals surface area contributed by atoms with Crippen molar-refractivity contribution in [3.05, 3.63) is 63.5 Å². The molecule has 0 fully saturated rings. The van der Waals surface area contributed by atoms with Crippen molar-refractivity contribution >= 4 is 50.4 Å². The minimum Gasteiger partial charge on any atom is -0.454 e. The molecule has 3 aromatic rings. The highest BCUT2D eigenvalue weighted by atomic mass is 79.9. The van der Waals surface area contributed by atoms with Gasteiger partial charge in [0.1, 0.15) is 6.54 Å². The number of halogens is 1. The number of amides is 2. The maximum absolute atomic E-state index is 12.3. The Bertz CT molecular complexity index is 1170. The molecule has 1 aromatic heterocycles. The molecule has 9 nitrogen and oxygen atoms in total. The van der Waals surface area contributed by atoms with Gasteiger partial charge in [-0.05, 0) is 40.2 Å². The van der Waals surface area contributed by atoms with Crippen LogP contribution in [0.5, 0.6) is 0 Å². The van der Waals surface area contributed by atoms with Crippen molar-refractivity contribution < 1.29 is 19.1 Å². The zero-order chi connectivity index (χ0) is 21.7. The molecule has 10 heteroatoms. The Balaban J connectivity index is 1.48. The van der Waals surface area contributed by atoms with Crippen molar-refractivity contribution in [2.75, 3.05) is 18.5 Å². The molecule has 2 aromatic carbocycles. The Morgan fingerprint density at radius 1 is 1.00 bits per heavy atom. The second-order valence-corrected chi connectivity index (χ2v) is 7.24. The number of imidazole rings is 1. The van der Waals surface area contributed by atoms with Crippen LogP contribution in [-0.4, -0.2) is 40.1 Å². The van der Waals surface area contributed by atoms with E-state index in [2.05, 4.69) is 26.6 Å². The molecule has 30 heavy (non-hydrogen) atoms. The summed E-state index contributed by atoms with van der Waals surface area (Å²) in [7, 11) is 1.61. The lowest BCUT2D eigenvalue weighted by Crippen LogP contribution is -2.36. The summed E-state index contributed by atoms with van der Waals surface area (Å²) in [5, 5.41) is 5.01. The van der Waals surface area contributed by atoms with E-state index in [9.17, 15) is 19.2 Å². The van der Waals surface area contributed by atoms with E-state index in [4.69, 9.17) is 4.74 Å². The summed E-state index contributed by atoms with van der Waals surface area (Å²) >= 11 is 3.31. The predicted octanol–water partition coefficient (Wildman–Crippen LogP) is 1.40. The number of nitrogens with one attached hydrogen (secondary N) is 2. The Morgan fingerprint density at radius 2 is 1.67 bits per heavy atom. The van der Waals surface area contributed by atoms with E-state index in [0.29, 0.717) is 21.2 Å². The van der Waals surface area contributed by atoms with Gasteiger partial charge in [0.2, 0.25) is 5.91 Å². The topological polar surface area (TPSA) is 111 Å². The molecule has 0 saturated heterocycles. The van der Waals surface area contributed by atoms with Crippen LogP contribution in [0.1, 0.15) is 0 Å². The molecule has 2 N–H and O–H groups in total. The number of anilines is 1. The van der Waals surface area contributed by atoms with E-state index in [-0.39, 0.29) is 18.8 Å². The summed E-state index contributed by atoms with van der Waals surface area (Å²) in [4.78, 5) is 48.2. The Hall–Kier alpha value is -3.40. The lowest BCUT2D eigenvalue weighted by molar-refractivity contribution is -0.149. The number of esters is 1. The minimum absolute atomic E-state index is 0.277. The zero-order valence-corrected chi connectivity index (χ0v) is 17.6. The van der Waals surface area contributed by atoms with Gasteiger partial charge in [-0.3, -0.25) is 23.5 Å². The lowest BCUT2D eigenvalue weighted by atomic mass is 10.3. The fraction of sp³-hybridized carbons (Fsp3) is 0.200.